The van der Waals surface area contributed by atoms with Gasteiger partial charge in [-0.1, -0.05) is 6.07 Å². The third kappa shape index (κ3) is 4.63. The number of halogens is 3. The van der Waals surface area contributed by atoms with Crippen LogP contribution < -0.4 is 5.73 Å². The van der Waals surface area contributed by atoms with Crippen molar-refractivity contribution >= 4 is 11.6 Å². The van der Waals surface area contributed by atoms with Gasteiger partial charge in [0, 0.05) is 29.6 Å². The molecule has 2 heterocycles. The van der Waals surface area contributed by atoms with Crippen molar-refractivity contribution in [2.45, 2.75) is 12.6 Å². The highest BCUT2D eigenvalue weighted by atomic mass is 19.1. The molecule has 1 aliphatic rings. The highest BCUT2D eigenvalue weighted by molar-refractivity contribution is 5.80. The van der Waals surface area contributed by atoms with E-state index in [0.29, 0.717) is 33.8 Å². The Labute approximate surface area is 199 Å². The van der Waals surface area contributed by atoms with Crippen LogP contribution in [0.4, 0.5) is 18.9 Å². The molecule has 4 aromatic rings. The fraction of sp³-hybridized carbons (Fsp3) is 0.154. The molecule has 178 valence electrons. The highest BCUT2D eigenvalue weighted by Crippen LogP contribution is 2.35. The molecule has 0 spiro atoms. The van der Waals surface area contributed by atoms with Crippen LogP contribution in [0.25, 0.3) is 16.9 Å². The van der Waals surface area contributed by atoms with E-state index in [0.717, 1.165) is 0 Å². The van der Waals surface area contributed by atoms with E-state index in [1.54, 1.807) is 47.3 Å². The zero-order valence-corrected chi connectivity index (χ0v) is 18.5. The lowest BCUT2D eigenvalue weighted by molar-refractivity contribution is -0.128. The van der Waals surface area contributed by atoms with Crippen LogP contribution in [0.5, 0.6) is 0 Å². The molecule has 3 aromatic carbocycles. The Morgan fingerprint density at radius 2 is 1.66 bits per heavy atom. The number of rotatable bonds is 6. The summed E-state index contributed by atoms with van der Waals surface area (Å²) < 4.78 is 48.7. The second-order valence-electron chi connectivity index (χ2n) is 8.21. The molecule has 1 amide bonds. The van der Waals surface area contributed by atoms with Gasteiger partial charge in [0.05, 0.1) is 5.69 Å². The molecule has 0 aliphatic carbocycles. The zero-order chi connectivity index (χ0) is 24.5. The molecule has 6 nitrogen and oxygen atoms in total. The molecule has 0 radical (unpaired) electrons. The second kappa shape index (κ2) is 9.27. The topological polar surface area (TPSA) is 73.4 Å². The Kier molecular flexibility index (Phi) is 6.00. The van der Waals surface area contributed by atoms with E-state index < -0.39 is 17.9 Å². The summed E-state index contributed by atoms with van der Waals surface area (Å²) >= 11 is 0. The average molecular weight is 478 g/mol. The van der Waals surface area contributed by atoms with Crippen molar-refractivity contribution in [1.29, 1.82) is 0 Å². The number of ether oxygens (including phenoxy) is 1. The Morgan fingerprint density at radius 1 is 0.971 bits per heavy atom. The Morgan fingerprint density at radius 3 is 2.34 bits per heavy atom. The normalized spacial score (nSPS) is 15.7. The molecule has 1 atom stereocenters. The third-order valence-electron chi connectivity index (χ3n) is 5.88. The molecule has 1 fully saturated rings. The summed E-state index contributed by atoms with van der Waals surface area (Å²) in [5.41, 5.74) is 8.65. The largest absolute Gasteiger partial charge is 0.399 e. The molecule has 9 heteroatoms. The minimum atomic E-state index is -0.784. The van der Waals surface area contributed by atoms with Gasteiger partial charge in [-0.25, -0.2) is 17.9 Å². The smallest absolute Gasteiger partial charge is 0.250 e. The van der Waals surface area contributed by atoms with Crippen LogP contribution in [0.2, 0.25) is 0 Å². The van der Waals surface area contributed by atoms with Crippen molar-refractivity contribution < 1.29 is 22.7 Å². The van der Waals surface area contributed by atoms with Gasteiger partial charge in [0.25, 0.3) is 5.91 Å². The number of nitrogen functional groups attached to an aromatic ring is 1. The minimum absolute atomic E-state index is 0.139. The summed E-state index contributed by atoms with van der Waals surface area (Å²) in [6, 6.07) is 16.0. The lowest BCUT2D eigenvalue weighted by Gasteiger charge is -2.23. The molecule has 1 aliphatic heterocycles. The molecule has 1 unspecified atom stereocenters. The maximum atomic E-state index is 14.3. The first-order valence-electron chi connectivity index (χ1n) is 11.0. The predicted molar refractivity (Wildman–Crippen MR) is 124 cm³/mol. The summed E-state index contributed by atoms with van der Waals surface area (Å²) in [7, 11) is 0. The van der Waals surface area contributed by atoms with Crippen LogP contribution in [0.1, 0.15) is 17.4 Å². The Hall–Kier alpha value is -4.11. The van der Waals surface area contributed by atoms with Gasteiger partial charge in [-0.15, -0.1) is 0 Å². The number of nitrogens with zero attached hydrogens (tertiary/aromatic N) is 3. The van der Waals surface area contributed by atoms with Gasteiger partial charge in [0.15, 0.2) is 6.23 Å². The first-order valence-corrected chi connectivity index (χ1v) is 11.0. The molecule has 0 saturated carbocycles. The van der Waals surface area contributed by atoms with Crippen LogP contribution in [-0.2, 0) is 16.0 Å². The molecule has 0 bridgehead atoms. The standard InChI is InChI=1S/C26H21F3N4O2/c27-18-4-1-17(2-5-18)25-22(14-33(31-25)21-9-6-19(28)7-10-21)26-32(24(34)15-35-26)12-11-16-3-8-20(30)13-23(16)29/h1-10,13-14,26H,11-12,15,30H2. The first kappa shape index (κ1) is 22.7. The van der Waals surface area contributed by atoms with Crippen molar-refractivity contribution in [3.05, 3.63) is 102 Å². The fourth-order valence-electron chi connectivity index (χ4n) is 4.09. The SMILES string of the molecule is Nc1ccc(CCN2C(=O)COC2c2cn(-c3ccc(F)cc3)nc2-c2ccc(F)cc2)c(F)c1. The van der Waals surface area contributed by atoms with Crippen molar-refractivity contribution in [3.63, 3.8) is 0 Å². The highest BCUT2D eigenvalue weighted by Gasteiger charge is 2.36. The van der Waals surface area contributed by atoms with E-state index >= 15 is 0 Å². The summed E-state index contributed by atoms with van der Waals surface area (Å²) in [6.45, 7) is 0.0639. The number of carbonyl (C=O) groups excluding carboxylic acids is 1. The molecule has 2 N–H and O–H groups in total. The van der Waals surface area contributed by atoms with Crippen molar-refractivity contribution in [2.24, 2.45) is 0 Å². The summed E-state index contributed by atoms with van der Waals surface area (Å²) in [6.07, 6.45) is 1.18. The molecule has 1 aromatic heterocycles. The van der Waals surface area contributed by atoms with Crippen LogP contribution in [0.15, 0.2) is 72.9 Å². The number of anilines is 1. The number of hydrogen-bond donors (Lipinski definition) is 1. The Bertz CT molecular complexity index is 1370. The fourth-order valence-corrected chi connectivity index (χ4v) is 4.09. The van der Waals surface area contributed by atoms with Crippen LogP contribution in [0, 0.1) is 17.5 Å². The molecular weight excluding hydrogens is 457 g/mol. The lowest BCUT2D eigenvalue weighted by atomic mass is 10.1. The maximum Gasteiger partial charge on any atom is 0.250 e. The number of benzene rings is 3. The summed E-state index contributed by atoms with van der Waals surface area (Å²) in [5, 5.41) is 4.64. The number of amides is 1. The van der Waals surface area contributed by atoms with E-state index in [-0.39, 0.29) is 31.3 Å². The van der Waals surface area contributed by atoms with Crippen molar-refractivity contribution in [2.75, 3.05) is 18.9 Å². The molecular formula is C26H21F3N4O2. The molecule has 35 heavy (non-hydrogen) atoms. The average Bonchev–Trinajstić information content (AvgIpc) is 3.43. The minimum Gasteiger partial charge on any atom is -0.399 e. The van der Waals surface area contributed by atoms with Gasteiger partial charge in [-0.2, -0.15) is 5.10 Å². The monoisotopic (exact) mass is 478 g/mol. The van der Waals surface area contributed by atoms with E-state index in [1.165, 1.54) is 35.2 Å². The third-order valence-corrected chi connectivity index (χ3v) is 5.88. The van der Waals surface area contributed by atoms with E-state index in [9.17, 15) is 18.0 Å². The van der Waals surface area contributed by atoms with Gasteiger partial charge >= 0.3 is 0 Å². The zero-order valence-electron chi connectivity index (χ0n) is 18.5. The van der Waals surface area contributed by atoms with Gasteiger partial charge in [0.1, 0.15) is 29.8 Å². The second-order valence-corrected chi connectivity index (χ2v) is 8.21. The lowest BCUT2D eigenvalue weighted by Crippen LogP contribution is -2.31. The van der Waals surface area contributed by atoms with Gasteiger partial charge in [-0.05, 0) is 72.6 Å². The Balaban J connectivity index is 1.51. The summed E-state index contributed by atoms with van der Waals surface area (Å²) in [4.78, 5) is 14.2. The first-order chi connectivity index (χ1) is 16.9. The van der Waals surface area contributed by atoms with Gasteiger partial charge in [-0.3, -0.25) is 4.79 Å². The summed E-state index contributed by atoms with van der Waals surface area (Å²) in [5.74, 6) is -1.46. The molecule has 5 rings (SSSR count). The van der Waals surface area contributed by atoms with E-state index in [4.69, 9.17) is 10.5 Å². The van der Waals surface area contributed by atoms with Gasteiger partial charge in [0.2, 0.25) is 0 Å². The quantitative estimate of drug-likeness (QED) is 0.410. The van der Waals surface area contributed by atoms with Crippen LogP contribution in [-0.4, -0.2) is 33.7 Å². The van der Waals surface area contributed by atoms with E-state index in [1.807, 2.05) is 0 Å². The maximum absolute atomic E-state index is 14.3. The van der Waals surface area contributed by atoms with E-state index in [2.05, 4.69) is 5.10 Å². The molecule has 1 saturated heterocycles. The predicted octanol–water partition coefficient (Wildman–Crippen LogP) is 4.64. The van der Waals surface area contributed by atoms with Crippen molar-refractivity contribution in [1.82, 2.24) is 14.7 Å². The van der Waals surface area contributed by atoms with Gasteiger partial charge < -0.3 is 15.4 Å². The van der Waals surface area contributed by atoms with Crippen LogP contribution >= 0.6 is 0 Å². The van der Waals surface area contributed by atoms with Crippen molar-refractivity contribution in [3.8, 4) is 16.9 Å². The number of nitrogens with two attached hydrogens (primary N) is 1. The number of aromatic nitrogens is 2. The number of carbonyl (C=O) groups is 1. The number of hydrogen-bond acceptors (Lipinski definition) is 4. The van der Waals surface area contributed by atoms with Crippen LogP contribution in [0.3, 0.4) is 0 Å².